The van der Waals surface area contributed by atoms with E-state index in [9.17, 15) is 30.6 Å². The maximum atomic E-state index is 14.7. The standard InChI is InChI=1S/C85H102N4O2S6/c1-51(2)22-18-26-55(9)34-38-92-84(93-39-35-56(10)27-19-23-52(3)4)78-68-46-73-74(59(13)75(68)83-71(78)44-63(97-83)43-70-77(61(49-88)50-89)65-31-15-17-33-67(65)81(70)91)79(85(94-40-36-57(11)28-20-24-53(5)6)95-41-37-58(12)29-21-25-54(7)8)72-45-62(96-82(72)73)42-69-76(60(47-86)48-87)64-30-14-16-32-66(64)80(69)90/h14-17,30-33,42-46,51-59,75H,18-29,34-41H2,1-13H3/b69-42-,70-43-,84-78?,85-79?/t55?,56?,57?,58?,59-,75?/m1/s1. The van der Waals surface area contributed by atoms with Crippen LogP contribution in [0.1, 0.15) is 261 Å². The molecule has 97 heavy (non-hydrogen) atoms. The van der Waals surface area contributed by atoms with Gasteiger partial charge in [-0.15, -0.1) is 69.7 Å². The molecule has 510 valence electrons. The number of thiophene rings is 2. The van der Waals surface area contributed by atoms with Gasteiger partial charge in [0.1, 0.15) is 35.4 Å². The second kappa shape index (κ2) is 35.7. The van der Waals surface area contributed by atoms with Crippen molar-refractivity contribution in [1.29, 1.82) is 21.0 Å². The first-order valence-electron chi connectivity index (χ1n) is 36.2. The zero-order chi connectivity index (χ0) is 69.6. The van der Waals surface area contributed by atoms with Crippen molar-refractivity contribution in [1.82, 2.24) is 0 Å². The summed E-state index contributed by atoms with van der Waals surface area (Å²) in [6, 6.07) is 28.0. The van der Waals surface area contributed by atoms with Crippen LogP contribution in [0.2, 0.25) is 0 Å². The molecule has 0 spiro atoms. The highest BCUT2D eigenvalue weighted by molar-refractivity contribution is 8.23. The quantitative estimate of drug-likeness (QED) is 0.0329. The normalized spacial score (nSPS) is 18.1. The predicted octanol–water partition coefficient (Wildman–Crippen LogP) is 25.8. The van der Waals surface area contributed by atoms with Crippen LogP contribution in [0.25, 0.3) is 40.0 Å². The molecule has 5 aliphatic carbocycles. The number of benzene rings is 2. The number of thioether (sulfide) groups is 4. The molecule has 0 amide bonds. The Morgan fingerprint density at radius 2 is 0.814 bits per heavy atom. The van der Waals surface area contributed by atoms with Crippen molar-refractivity contribution in [3.8, 4) is 24.3 Å². The second-order valence-corrected chi connectivity index (χ2v) is 37.1. The highest BCUT2D eigenvalue weighted by Crippen LogP contribution is 2.66. The van der Waals surface area contributed by atoms with Gasteiger partial charge in [0.05, 0.1) is 0 Å². The van der Waals surface area contributed by atoms with Gasteiger partial charge < -0.3 is 0 Å². The average molecular weight is 1400 g/mol. The van der Waals surface area contributed by atoms with Gasteiger partial charge in [0, 0.05) is 84.0 Å². The van der Waals surface area contributed by atoms with Crippen molar-refractivity contribution < 1.29 is 9.59 Å². The topological polar surface area (TPSA) is 129 Å². The number of carbonyl (C=O) groups is 2. The average Bonchev–Trinajstić information content (AvgIpc) is 1.54. The molecule has 0 radical (unpaired) electrons. The van der Waals surface area contributed by atoms with Crippen LogP contribution in [0.3, 0.4) is 0 Å². The van der Waals surface area contributed by atoms with E-state index in [0.717, 1.165) is 58.4 Å². The number of hydrogen-bond acceptors (Lipinski definition) is 12. The number of carbonyl (C=O) groups excluding carboxylic acids is 2. The van der Waals surface area contributed by atoms with Gasteiger partial charge >= 0.3 is 0 Å². The van der Waals surface area contributed by atoms with E-state index < -0.39 is 0 Å². The molecule has 0 fully saturated rings. The van der Waals surface area contributed by atoms with Crippen LogP contribution in [0.15, 0.2) is 109 Å². The van der Waals surface area contributed by atoms with Crippen LogP contribution >= 0.6 is 69.7 Å². The zero-order valence-electron chi connectivity index (χ0n) is 60.0. The third kappa shape index (κ3) is 18.3. The van der Waals surface area contributed by atoms with Gasteiger partial charge in [0.25, 0.3) is 0 Å². The zero-order valence-corrected chi connectivity index (χ0v) is 64.9. The number of Topliss-reactive ketones (excluding diaryl/α,β-unsaturated/α-hetero) is 2. The molecule has 6 nitrogen and oxygen atoms in total. The molecule has 0 saturated heterocycles. The molecule has 2 heterocycles. The van der Waals surface area contributed by atoms with Gasteiger partial charge in [0.2, 0.25) is 0 Å². The third-order valence-corrected chi connectivity index (χ3v) is 27.5. The minimum absolute atomic E-state index is 0.00350. The van der Waals surface area contributed by atoms with Gasteiger partial charge in [-0.05, 0) is 166 Å². The van der Waals surface area contributed by atoms with Crippen molar-refractivity contribution >= 4 is 121 Å². The number of nitrogens with zero attached hydrogens (tertiary/aromatic N) is 4. The number of hydrogen-bond donors (Lipinski definition) is 0. The monoisotopic (exact) mass is 1400 g/mol. The van der Waals surface area contributed by atoms with E-state index in [2.05, 4.69) is 132 Å². The molecule has 0 bridgehead atoms. The summed E-state index contributed by atoms with van der Waals surface area (Å²) in [6.07, 6.45) is 25.8. The van der Waals surface area contributed by atoms with E-state index in [-0.39, 0.29) is 34.5 Å². The van der Waals surface area contributed by atoms with Crippen LogP contribution in [0, 0.1) is 98.6 Å². The van der Waals surface area contributed by atoms with Gasteiger partial charge in [-0.3, -0.25) is 9.59 Å². The molecule has 9 rings (SSSR count). The van der Waals surface area contributed by atoms with E-state index in [1.807, 2.05) is 102 Å². The van der Waals surface area contributed by atoms with Crippen molar-refractivity contribution in [2.24, 2.45) is 53.3 Å². The molecule has 5 unspecified atom stereocenters. The third-order valence-electron chi connectivity index (χ3n) is 20.2. The van der Waals surface area contributed by atoms with Gasteiger partial charge in [-0.25, -0.2) is 0 Å². The highest BCUT2D eigenvalue weighted by Gasteiger charge is 2.47. The molecule has 0 aliphatic heterocycles. The number of nitriles is 4. The summed E-state index contributed by atoms with van der Waals surface area (Å²) in [5.41, 5.74) is 12.7. The Hall–Kier alpha value is -5.54. The molecule has 0 saturated carbocycles. The fourth-order valence-corrected chi connectivity index (χ4v) is 23.0. The number of allylic oxidation sites excluding steroid dienone is 12. The Kier molecular flexibility index (Phi) is 27.8. The lowest BCUT2D eigenvalue weighted by Crippen LogP contribution is -2.15. The van der Waals surface area contributed by atoms with Gasteiger partial charge in [0.15, 0.2) is 11.6 Å². The number of fused-ring (bicyclic) bond motifs is 7. The summed E-state index contributed by atoms with van der Waals surface area (Å²) in [7, 11) is 0. The lowest BCUT2D eigenvalue weighted by atomic mass is 9.76. The first kappa shape index (κ1) is 75.7. The van der Waals surface area contributed by atoms with Crippen LogP contribution in [0.5, 0.6) is 0 Å². The summed E-state index contributed by atoms with van der Waals surface area (Å²) in [6.45, 7) is 30.8. The van der Waals surface area contributed by atoms with Crippen molar-refractivity contribution in [2.75, 3.05) is 23.0 Å². The summed E-state index contributed by atoms with van der Waals surface area (Å²) in [4.78, 5) is 33.6. The Morgan fingerprint density at radius 3 is 1.20 bits per heavy atom. The van der Waals surface area contributed by atoms with E-state index in [4.69, 9.17) is 0 Å². The Morgan fingerprint density at radius 1 is 0.454 bits per heavy atom. The molecule has 6 atom stereocenters. The lowest BCUT2D eigenvalue weighted by Gasteiger charge is -2.30. The summed E-state index contributed by atoms with van der Waals surface area (Å²) < 4.78 is 2.73. The van der Waals surface area contributed by atoms with Gasteiger partial charge in [-0.2, -0.15) is 21.0 Å². The molecule has 2 aromatic heterocycles. The SMILES string of the molecule is CC(C)CCCC(C)CCSC(SCCC(C)CCCC(C)C)=C1C2=C(C=C3C(=C(SCCC(C)CCCC(C)C)SCCC(C)CCCC(C)C)c4cc(/C=C5\C(=O)c6ccccc6C5=C(C#N)C#N)sc4C3[C@@H]2C)c2sc(/C=C3\C(=O)c4ccccc4C3=C(C#N)C#N)cc21. The van der Waals surface area contributed by atoms with Crippen LogP contribution < -0.4 is 0 Å². The van der Waals surface area contributed by atoms with Crippen molar-refractivity contribution in [2.45, 2.75) is 199 Å². The van der Waals surface area contributed by atoms with Gasteiger partial charge in [-0.1, -0.05) is 216 Å². The molecular weight excluding hydrogens is 1300 g/mol. The maximum Gasteiger partial charge on any atom is 0.194 e. The van der Waals surface area contributed by atoms with E-state index in [1.54, 1.807) is 28.7 Å². The lowest BCUT2D eigenvalue weighted by molar-refractivity contribution is 0.103. The van der Waals surface area contributed by atoms with Crippen LogP contribution in [0.4, 0.5) is 0 Å². The smallest absolute Gasteiger partial charge is 0.194 e. The van der Waals surface area contributed by atoms with Crippen molar-refractivity contribution in [3.63, 3.8) is 0 Å². The minimum atomic E-state index is -0.171. The minimum Gasteiger partial charge on any atom is -0.289 e. The summed E-state index contributed by atoms with van der Waals surface area (Å²) in [5, 5.41) is 41.7. The Labute approximate surface area is 607 Å². The Bertz CT molecular complexity index is 3920. The fourth-order valence-electron chi connectivity index (χ4n) is 14.5. The number of ketones is 2. The molecule has 0 N–H and O–H groups in total. The fraction of sp³-hybridized carbons (Fsp3) is 0.506. The van der Waals surface area contributed by atoms with Crippen molar-refractivity contribution in [3.05, 3.63) is 162 Å². The highest BCUT2D eigenvalue weighted by atomic mass is 32.2. The molecular formula is C85H102N4O2S6. The Balaban J connectivity index is 1.26. The first-order valence-corrected chi connectivity index (χ1v) is 41.8. The maximum absolute atomic E-state index is 14.7. The molecule has 12 heteroatoms. The molecule has 2 aromatic carbocycles. The summed E-state index contributed by atoms with van der Waals surface area (Å²) >= 11 is 11.6. The van der Waals surface area contributed by atoms with E-state index in [1.165, 1.54) is 134 Å². The van der Waals surface area contributed by atoms with E-state index in [0.29, 0.717) is 91.9 Å². The van der Waals surface area contributed by atoms with Crippen LogP contribution in [-0.4, -0.2) is 34.6 Å². The summed E-state index contributed by atoms with van der Waals surface area (Å²) in [5.74, 6) is 8.88. The predicted molar refractivity (Wildman–Crippen MR) is 423 cm³/mol. The van der Waals surface area contributed by atoms with E-state index >= 15 is 0 Å². The second-order valence-electron chi connectivity index (χ2n) is 29.9. The first-order chi connectivity index (χ1) is 46.7. The molecule has 4 aromatic rings. The largest absolute Gasteiger partial charge is 0.289 e. The van der Waals surface area contributed by atoms with Crippen LogP contribution in [-0.2, 0) is 0 Å². The number of rotatable bonds is 34. The molecule has 5 aliphatic rings.